The lowest BCUT2D eigenvalue weighted by Gasteiger charge is -2.30. The van der Waals surface area contributed by atoms with Gasteiger partial charge < -0.3 is 14.9 Å². The highest BCUT2D eigenvalue weighted by Crippen LogP contribution is 2.47. The van der Waals surface area contributed by atoms with Crippen molar-refractivity contribution in [1.29, 1.82) is 0 Å². The van der Waals surface area contributed by atoms with E-state index in [2.05, 4.69) is 0 Å². The van der Waals surface area contributed by atoms with E-state index in [9.17, 15) is 15.0 Å². The third-order valence-electron chi connectivity index (χ3n) is 5.05. The Kier molecular flexibility index (Phi) is 4.11. The molecule has 0 saturated carbocycles. The quantitative estimate of drug-likeness (QED) is 0.672. The van der Waals surface area contributed by atoms with Crippen LogP contribution in [0, 0.1) is 0 Å². The number of hydrogen-bond donors (Lipinski definition) is 2. The number of cyclic esters (lactones) is 1. The summed E-state index contributed by atoms with van der Waals surface area (Å²) in [7, 11) is 0. The third-order valence-corrected chi connectivity index (χ3v) is 5.05. The van der Waals surface area contributed by atoms with E-state index in [0.29, 0.717) is 5.56 Å². The molecule has 4 nitrogen and oxygen atoms in total. The molecule has 1 heterocycles. The Labute approximate surface area is 157 Å². The maximum absolute atomic E-state index is 12.7. The molecular formula is C23H20O4. The molecule has 27 heavy (non-hydrogen) atoms. The fraction of sp³-hybridized carbons (Fsp3) is 0.174. The van der Waals surface area contributed by atoms with E-state index < -0.39 is 5.60 Å². The summed E-state index contributed by atoms with van der Waals surface area (Å²) in [6, 6.07) is 19.4. The molecule has 136 valence electrons. The van der Waals surface area contributed by atoms with E-state index in [4.69, 9.17) is 4.74 Å². The topological polar surface area (TPSA) is 66.8 Å². The van der Waals surface area contributed by atoms with Crippen molar-refractivity contribution in [1.82, 2.24) is 0 Å². The predicted octanol–water partition coefficient (Wildman–Crippen LogP) is 4.51. The van der Waals surface area contributed by atoms with Crippen LogP contribution in [0.15, 0.2) is 66.7 Å². The van der Waals surface area contributed by atoms with Crippen molar-refractivity contribution in [2.24, 2.45) is 0 Å². The first-order valence-corrected chi connectivity index (χ1v) is 9.01. The molecule has 0 fully saturated rings. The number of aromatic hydroxyl groups is 2. The molecule has 4 rings (SSSR count). The van der Waals surface area contributed by atoms with Gasteiger partial charge in [0.1, 0.15) is 11.5 Å². The molecular weight excluding hydrogens is 340 g/mol. The number of esters is 1. The second-order valence-electron chi connectivity index (χ2n) is 6.76. The summed E-state index contributed by atoms with van der Waals surface area (Å²) < 4.78 is 6.00. The third kappa shape index (κ3) is 2.65. The molecule has 0 aliphatic carbocycles. The van der Waals surface area contributed by atoms with Gasteiger partial charge in [-0.3, -0.25) is 0 Å². The van der Waals surface area contributed by atoms with Crippen molar-refractivity contribution < 1.29 is 19.7 Å². The lowest BCUT2D eigenvalue weighted by Crippen LogP contribution is -2.29. The summed E-state index contributed by atoms with van der Waals surface area (Å²) >= 11 is 0. The van der Waals surface area contributed by atoms with Crippen LogP contribution < -0.4 is 0 Å². The van der Waals surface area contributed by atoms with E-state index in [0.717, 1.165) is 35.1 Å². The maximum atomic E-state index is 12.7. The van der Waals surface area contributed by atoms with Crippen LogP contribution >= 0.6 is 0 Å². The first kappa shape index (κ1) is 17.2. The fourth-order valence-corrected chi connectivity index (χ4v) is 3.78. The molecule has 0 aromatic heterocycles. The van der Waals surface area contributed by atoms with Gasteiger partial charge in [-0.25, -0.2) is 4.79 Å². The molecule has 0 amide bonds. The minimum absolute atomic E-state index is 0.142. The van der Waals surface area contributed by atoms with Crippen LogP contribution in [0.5, 0.6) is 11.5 Å². The highest BCUT2D eigenvalue weighted by atomic mass is 16.6. The van der Waals surface area contributed by atoms with Gasteiger partial charge in [0.25, 0.3) is 0 Å². The SMILES string of the molecule is CCCc1cc(C2(c3ccc(O)cc3)OC(=O)c3ccccc32)ccc1O. The molecule has 4 heteroatoms. The van der Waals surface area contributed by atoms with Crippen LogP contribution in [0.2, 0.25) is 0 Å². The monoisotopic (exact) mass is 360 g/mol. The first-order valence-electron chi connectivity index (χ1n) is 9.01. The molecule has 0 spiro atoms. The number of hydrogen-bond acceptors (Lipinski definition) is 4. The Balaban J connectivity index is 2.01. The van der Waals surface area contributed by atoms with Gasteiger partial charge in [-0.1, -0.05) is 49.7 Å². The highest BCUT2D eigenvalue weighted by molar-refractivity contribution is 5.96. The molecule has 1 unspecified atom stereocenters. The molecule has 3 aromatic rings. The van der Waals surface area contributed by atoms with Crippen LogP contribution in [0.25, 0.3) is 0 Å². The Morgan fingerprint density at radius 1 is 0.926 bits per heavy atom. The number of fused-ring (bicyclic) bond motifs is 1. The largest absolute Gasteiger partial charge is 0.508 e. The smallest absolute Gasteiger partial charge is 0.340 e. The van der Waals surface area contributed by atoms with Gasteiger partial charge in [0.15, 0.2) is 5.60 Å². The predicted molar refractivity (Wildman–Crippen MR) is 102 cm³/mol. The normalized spacial score (nSPS) is 18.2. The average Bonchev–Trinajstić information content (AvgIpc) is 2.98. The summed E-state index contributed by atoms with van der Waals surface area (Å²) in [6.45, 7) is 2.05. The minimum atomic E-state index is -1.11. The van der Waals surface area contributed by atoms with Crippen LogP contribution in [-0.2, 0) is 16.8 Å². The maximum Gasteiger partial charge on any atom is 0.340 e. The summed E-state index contributed by atoms with van der Waals surface area (Å²) in [5.74, 6) is -0.00765. The molecule has 0 radical (unpaired) electrons. The van der Waals surface area contributed by atoms with Gasteiger partial charge in [-0.05, 0) is 42.3 Å². The number of benzene rings is 3. The number of ether oxygens (including phenoxy) is 1. The molecule has 0 bridgehead atoms. The Morgan fingerprint density at radius 2 is 1.63 bits per heavy atom. The Bertz CT molecular complexity index is 1010. The Hall–Kier alpha value is -3.27. The molecule has 0 saturated heterocycles. The number of phenolic OH excluding ortho intramolecular Hbond substituents is 2. The van der Waals surface area contributed by atoms with Crippen molar-refractivity contribution in [3.63, 3.8) is 0 Å². The van der Waals surface area contributed by atoms with Crippen molar-refractivity contribution in [2.45, 2.75) is 25.4 Å². The minimum Gasteiger partial charge on any atom is -0.508 e. The van der Waals surface area contributed by atoms with Crippen molar-refractivity contribution >= 4 is 5.97 Å². The van der Waals surface area contributed by atoms with Gasteiger partial charge in [-0.15, -0.1) is 0 Å². The van der Waals surface area contributed by atoms with E-state index in [1.165, 1.54) is 0 Å². The molecule has 1 aliphatic heterocycles. The van der Waals surface area contributed by atoms with Gasteiger partial charge in [0, 0.05) is 16.7 Å². The van der Waals surface area contributed by atoms with Gasteiger partial charge in [-0.2, -0.15) is 0 Å². The van der Waals surface area contributed by atoms with Crippen molar-refractivity contribution in [2.75, 3.05) is 0 Å². The summed E-state index contributed by atoms with van der Waals surface area (Å²) in [5.41, 5.74) is 2.50. The molecule has 3 aromatic carbocycles. The average molecular weight is 360 g/mol. The Morgan fingerprint density at radius 3 is 2.37 bits per heavy atom. The fourth-order valence-electron chi connectivity index (χ4n) is 3.78. The van der Waals surface area contributed by atoms with Crippen molar-refractivity contribution in [3.8, 4) is 11.5 Å². The number of phenols is 2. The lowest BCUT2D eigenvalue weighted by molar-refractivity contribution is 0.0251. The molecule has 1 atom stereocenters. The zero-order valence-corrected chi connectivity index (χ0v) is 15.0. The van der Waals surface area contributed by atoms with E-state index in [1.54, 1.807) is 42.5 Å². The second-order valence-corrected chi connectivity index (χ2v) is 6.76. The zero-order chi connectivity index (χ0) is 19.0. The first-order chi connectivity index (χ1) is 13.1. The van der Waals surface area contributed by atoms with Gasteiger partial charge in [0.05, 0.1) is 5.56 Å². The van der Waals surface area contributed by atoms with Crippen LogP contribution in [0.1, 0.15) is 46.0 Å². The summed E-state index contributed by atoms with van der Waals surface area (Å²) in [5, 5.41) is 19.9. The number of carbonyl (C=O) groups is 1. The highest BCUT2D eigenvalue weighted by Gasteiger charge is 2.48. The summed E-state index contributed by atoms with van der Waals surface area (Å²) in [6.07, 6.45) is 1.61. The van der Waals surface area contributed by atoms with E-state index >= 15 is 0 Å². The van der Waals surface area contributed by atoms with E-state index in [-0.39, 0.29) is 17.5 Å². The van der Waals surface area contributed by atoms with Gasteiger partial charge in [0.2, 0.25) is 0 Å². The van der Waals surface area contributed by atoms with Crippen molar-refractivity contribution in [3.05, 3.63) is 94.5 Å². The number of aryl methyl sites for hydroxylation is 1. The number of rotatable bonds is 4. The zero-order valence-electron chi connectivity index (χ0n) is 15.0. The molecule has 1 aliphatic rings. The van der Waals surface area contributed by atoms with Gasteiger partial charge >= 0.3 is 5.97 Å². The van der Waals surface area contributed by atoms with Crippen LogP contribution in [0.3, 0.4) is 0 Å². The van der Waals surface area contributed by atoms with E-state index in [1.807, 2.05) is 31.2 Å². The number of carbonyl (C=O) groups excluding carboxylic acids is 1. The summed E-state index contributed by atoms with van der Waals surface area (Å²) in [4.78, 5) is 12.7. The second kappa shape index (κ2) is 6.47. The standard InChI is InChI=1S/C23H20O4/c1-2-5-15-14-17(10-13-21(15)25)23(16-8-11-18(24)12-9-16)20-7-4-3-6-19(20)22(26)27-23/h3-4,6-14,24-25H,2,5H2,1H3. The molecule has 2 N–H and O–H groups in total. The van der Waals surface area contributed by atoms with Crippen LogP contribution in [0.4, 0.5) is 0 Å². The lowest BCUT2D eigenvalue weighted by atomic mass is 9.79. The van der Waals surface area contributed by atoms with Crippen LogP contribution in [-0.4, -0.2) is 16.2 Å².